The van der Waals surface area contributed by atoms with Gasteiger partial charge in [0.05, 0.1) is 14.2 Å². The van der Waals surface area contributed by atoms with Gasteiger partial charge >= 0.3 is 0 Å². The second-order valence-electron chi connectivity index (χ2n) is 8.38. The summed E-state index contributed by atoms with van der Waals surface area (Å²) in [6, 6.07) is 5.23. The second kappa shape index (κ2) is 8.02. The number of hydrogen-bond acceptors (Lipinski definition) is 4. The Labute approximate surface area is 166 Å². The summed E-state index contributed by atoms with van der Waals surface area (Å²) in [5.74, 6) is 3.65. The van der Waals surface area contributed by atoms with Crippen molar-refractivity contribution in [1.82, 2.24) is 9.80 Å². The van der Waals surface area contributed by atoms with Gasteiger partial charge in [0.15, 0.2) is 11.5 Å². The van der Waals surface area contributed by atoms with E-state index in [4.69, 9.17) is 9.47 Å². The highest BCUT2D eigenvalue weighted by Crippen LogP contribution is 2.49. The first kappa shape index (κ1) is 19.1. The number of nitrogens with zero attached hydrogens (tertiary/aromatic N) is 2. The maximum Gasteiger partial charge on any atom is 0.254 e. The molecule has 1 saturated heterocycles. The molecule has 28 heavy (non-hydrogen) atoms. The van der Waals surface area contributed by atoms with Crippen molar-refractivity contribution >= 4 is 11.8 Å². The highest BCUT2D eigenvalue weighted by molar-refractivity contribution is 5.95. The Morgan fingerprint density at radius 2 is 1.68 bits per heavy atom. The third kappa shape index (κ3) is 3.69. The molecule has 3 aliphatic rings. The molecule has 6 nitrogen and oxygen atoms in total. The van der Waals surface area contributed by atoms with E-state index in [0.29, 0.717) is 55.6 Å². The Morgan fingerprint density at radius 3 is 2.29 bits per heavy atom. The average molecular weight is 386 g/mol. The number of hydrogen-bond donors (Lipinski definition) is 0. The number of piperazine rings is 1. The molecule has 1 aromatic rings. The summed E-state index contributed by atoms with van der Waals surface area (Å²) in [5.41, 5.74) is 0.583. The Hall–Kier alpha value is -2.24. The minimum absolute atomic E-state index is 0.0267. The van der Waals surface area contributed by atoms with Crippen LogP contribution in [0.2, 0.25) is 0 Å². The largest absolute Gasteiger partial charge is 0.493 e. The molecule has 1 aliphatic heterocycles. The summed E-state index contributed by atoms with van der Waals surface area (Å²) in [7, 11) is 3.14. The number of methoxy groups -OCH3 is 2. The lowest BCUT2D eigenvalue weighted by molar-refractivity contribution is -0.134. The zero-order chi connectivity index (χ0) is 19.7. The van der Waals surface area contributed by atoms with E-state index in [2.05, 4.69) is 0 Å². The maximum atomic E-state index is 12.8. The van der Waals surface area contributed by atoms with Gasteiger partial charge in [-0.1, -0.05) is 6.42 Å². The van der Waals surface area contributed by atoms with Gasteiger partial charge in [0.2, 0.25) is 5.91 Å². The molecule has 2 saturated carbocycles. The highest BCUT2D eigenvalue weighted by Gasteiger charge is 2.40. The Bertz CT molecular complexity index is 742. The third-order valence-corrected chi connectivity index (χ3v) is 6.87. The number of rotatable bonds is 5. The van der Waals surface area contributed by atoms with Gasteiger partial charge < -0.3 is 19.3 Å². The van der Waals surface area contributed by atoms with Crippen LogP contribution in [0.4, 0.5) is 0 Å². The standard InChI is InChI=1S/C22H30N2O4/c1-27-19-6-5-17(13-20(19)28-2)22(26)24-9-7-23(8-10-24)21(25)14-18-12-15-3-4-16(18)11-15/h5-6,13,15-16,18H,3-4,7-12,14H2,1-2H3. The molecule has 4 rings (SSSR count). The lowest BCUT2D eigenvalue weighted by Crippen LogP contribution is -2.51. The van der Waals surface area contributed by atoms with E-state index in [-0.39, 0.29) is 11.8 Å². The zero-order valence-electron chi connectivity index (χ0n) is 16.9. The molecule has 3 atom stereocenters. The number of carbonyl (C=O) groups excluding carboxylic acids is 2. The van der Waals surface area contributed by atoms with Crippen molar-refractivity contribution in [2.45, 2.75) is 32.1 Å². The van der Waals surface area contributed by atoms with Gasteiger partial charge in [0.1, 0.15) is 0 Å². The molecule has 2 bridgehead atoms. The van der Waals surface area contributed by atoms with Gasteiger partial charge in [-0.05, 0) is 55.2 Å². The summed E-state index contributed by atoms with van der Waals surface area (Å²) in [6.07, 6.45) is 5.97. The van der Waals surface area contributed by atoms with Crippen molar-refractivity contribution in [3.8, 4) is 11.5 Å². The number of carbonyl (C=O) groups is 2. The molecule has 1 aromatic carbocycles. The van der Waals surface area contributed by atoms with Crippen molar-refractivity contribution in [2.24, 2.45) is 17.8 Å². The van der Waals surface area contributed by atoms with E-state index in [1.54, 1.807) is 32.4 Å². The fraction of sp³-hybridized carbons (Fsp3) is 0.636. The monoisotopic (exact) mass is 386 g/mol. The molecule has 1 heterocycles. The van der Waals surface area contributed by atoms with Crippen molar-refractivity contribution in [3.63, 3.8) is 0 Å². The second-order valence-corrected chi connectivity index (χ2v) is 8.38. The molecule has 152 valence electrons. The van der Waals surface area contributed by atoms with Crippen LogP contribution in [0.3, 0.4) is 0 Å². The molecule has 2 amide bonds. The summed E-state index contributed by atoms with van der Waals surface area (Å²) in [4.78, 5) is 29.3. The normalized spacial score (nSPS) is 26.4. The summed E-state index contributed by atoms with van der Waals surface area (Å²) in [6.45, 7) is 2.41. The van der Waals surface area contributed by atoms with Crippen LogP contribution < -0.4 is 9.47 Å². The van der Waals surface area contributed by atoms with Gasteiger partial charge in [-0.15, -0.1) is 0 Å². The molecular weight excluding hydrogens is 356 g/mol. The SMILES string of the molecule is COc1ccc(C(=O)N2CCN(C(=O)CC3CC4CCC3C4)CC2)cc1OC. The van der Waals surface area contributed by atoms with Crippen LogP contribution in [-0.4, -0.2) is 62.0 Å². The summed E-state index contributed by atoms with van der Waals surface area (Å²) < 4.78 is 10.5. The van der Waals surface area contributed by atoms with Crippen LogP contribution >= 0.6 is 0 Å². The molecule has 3 unspecified atom stereocenters. The van der Waals surface area contributed by atoms with Crippen molar-refractivity contribution < 1.29 is 19.1 Å². The molecule has 3 fully saturated rings. The van der Waals surface area contributed by atoms with Crippen LogP contribution in [0.1, 0.15) is 42.5 Å². The topological polar surface area (TPSA) is 59.1 Å². The average Bonchev–Trinajstić information content (AvgIpc) is 3.36. The minimum atomic E-state index is -0.0267. The number of fused-ring (bicyclic) bond motifs is 2. The maximum absolute atomic E-state index is 12.8. The van der Waals surface area contributed by atoms with E-state index >= 15 is 0 Å². The quantitative estimate of drug-likeness (QED) is 0.781. The zero-order valence-corrected chi connectivity index (χ0v) is 16.9. The number of amides is 2. The van der Waals surface area contributed by atoms with Gasteiger partial charge in [0, 0.05) is 38.2 Å². The predicted molar refractivity (Wildman–Crippen MR) is 106 cm³/mol. The first-order valence-corrected chi connectivity index (χ1v) is 10.4. The van der Waals surface area contributed by atoms with Crippen LogP contribution in [0.5, 0.6) is 11.5 Å². The number of benzene rings is 1. The Kier molecular flexibility index (Phi) is 5.47. The van der Waals surface area contributed by atoms with E-state index in [1.165, 1.54) is 25.7 Å². The molecule has 0 radical (unpaired) electrons. The van der Waals surface area contributed by atoms with Gasteiger partial charge in [-0.3, -0.25) is 9.59 Å². The van der Waals surface area contributed by atoms with Crippen molar-refractivity contribution in [1.29, 1.82) is 0 Å². The third-order valence-electron chi connectivity index (χ3n) is 6.87. The Morgan fingerprint density at radius 1 is 0.964 bits per heavy atom. The van der Waals surface area contributed by atoms with Crippen molar-refractivity contribution in [2.75, 3.05) is 40.4 Å². The lowest BCUT2D eigenvalue weighted by atomic mass is 9.86. The van der Waals surface area contributed by atoms with Crippen molar-refractivity contribution in [3.05, 3.63) is 23.8 Å². The molecule has 0 spiro atoms. The van der Waals surface area contributed by atoms with Crippen LogP contribution in [0, 0.1) is 17.8 Å². The highest BCUT2D eigenvalue weighted by atomic mass is 16.5. The number of ether oxygens (including phenoxy) is 2. The molecule has 0 N–H and O–H groups in total. The fourth-order valence-electron chi connectivity index (χ4n) is 5.29. The molecular formula is C22H30N2O4. The molecule has 0 aromatic heterocycles. The van der Waals surface area contributed by atoms with E-state index in [9.17, 15) is 9.59 Å². The predicted octanol–water partition coefficient (Wildman–Crippen LogP) is 2.81. The minimum Gasteiger partial charge on any atom is -0.493 e. The van der Waals surface area contributed by atoms with Crippen LogP contribution in [-0.2, 0) is 4.79 Å². The van der Waals surface area contributed by atoms with Crippen LogP contribution in [0.15, 0.2) is 18.2 Å². The Balaban J connectivity index is 1.31. The van der Waals surface area contributed by atoms with E-state index in [0.717, 1.165) is 11.8 Å². The van der Waals surface area contributed by atoms with E-state index < -0.39 is 0 Å². The molecule has 2 aliphatic carbocycles. The van der Waals surface area contributed by atoms with Gasteiger partial charge in [0.25, 0.3) is 5.91 Å². The summed E-state index contributed by atoms with van der Waals surface area (Å²) in [5, 5.41) is 0. The van der Waals surface area contributed by atoms with Gasteiger partial charge in [-0.2, -0.15) is 0 Å². The molecule has 6 heteroatoms. The van der Waals surface area contributed by atoms with Gasteiger partial charge in [-0.25, -0.2) is 0 Å². The fourth-order valence-corrected chi connectivity index (χ4v) is 5.29. The smallest absolute Gasteiger partial charge is 0.254 e. The first-order valence-electron chi connectivity index (χ1n) is 10.4. The lowest BCUT2D eigenvalue weighted by Gasteiger charge is -2.36. The van der Waals surface area contributed by atoms with E-state index in [1.807, 2.05) is 9.80 Å². The first-order chi connectivity index (χ1) is 13.6. The van der Waals surface area contributed by atoms with Crippen LogP contribution in [0.25, 0.3) is 0 Å². The summed E-state index contributed by atoms with van der Waals surface area (Å²) >= 11 is 0.